The fraction of sp³-hybridized carbons (Fsp3) is 0.385. The first kappa shape index (κ1) is 11.2. The summed E-state index contributed by atoms with van der Waals surface area (Å²) < 4.78 is 0. The highest BCUT2D eigenvalue weighted by atomic mass is 16.1. The van der Waals surface area contributed by atoms with E-state index in [-0.39, 0.29) is 11.9 Å². The Morgan fingerprint density at radius 2 is 2.44 bits per heavy atom. The number of carbonyl (C=O) groups excluding carboxylic acids is 1. The van der Waals surface area contributed by atoms with E-state index in [1.807, 2.05) is 18.2 Å². The number of imidazole rings is 1. The van der Waals surface area contributed by atoms with Crippen molar-refractivity contribution in [1.29, 1.82) is 0 Å². The molecule has 0 aliphatic carbocycles. The standard InChI is InChI=1S/C13H16N4O/c1-17-5-4-10(7-17)16-13(18)9-2-3-11-12(6-9)15-8-14-11/h2-3,6,8,10H,4-5,7H2,1H3,(H,14,15)(H,16,18)/p+1. The van der Waals surface area contributed by atoms with Gasteiger partial charge in [0.1, 0.15) is 0 Å². The molecule has 0 saturated carbocycles. The third-order valence-corrected chi connectivity index (χ3v) is 3.46. The molecule has 0 spiro atoms. The molecule has 1 fully saturated rings. The lowest BCUT2D eigenvalue weighted by Crippen LogP contribution is -2.36. The molecule has 94 valence electrons. The number of hydrogen-bond acceptors (Lipinski definition) is 2. The van der Waals surface area contributed by atoms with Crippen LogP contribution in [0.25, 0.3) is 11.0 Å². The zero-order chi connectivity index (χ0) is 12.5. The molecule has 1 aliphatic heterocycles. The molecule has 1 aliphatic rings. The Labute approximate surface area is 105 Å². The van der Waals surface area contributed by atoms with E-state index in [1.165, 1.54) is 0 Å². The van der Waals surface area contributed by atoms with E-state index in [0.717, 1.165) is 30.5 Å². The largest absolute Gasteiger partial charge is 0.348 e. The van der Waals surface area contributed by atoms with Crippen LogP contribution in [-0.4, -0.2) is 42.0 Å². The molecule has 2 heterocycles. The van der Waals surface area contributed by atoms with Crippen LogP contribution in [0.2, 0.25) is 0 Å². The van der Waals surface area contributed by atoms with E-state index in [4.69, 9.17) is 0 Å². The van der Waals surface area contributed by atoms with Gasteiger partial charge in [0.15, 0.2) is 11.0 Å². The van der Waals surface area contributed by atoms with Crippen molar-refractivity contribution in [2.45, 2.75) is 12.5 Å². The van der Waals surface area contributed by atoms with Gasteiger partial charge in [-0.1, -0.05) is 0 Å². The zero-order valence-corrected chi connectivity index (χ0v) is 10.4. The molecule has 1 aromatic carbocycles. The van der Waals surface area contributed by atoms with Crippen LogP contribution in [0.1, 0.15) is 16.8 Å². The van der Waals surface area contributed by atoms with Crippen molar-refractivity contribution < 1.29 is 9.78 Å². The summed E-state index contributed by atoms with van der Waals surface area (Å²) in [6.45, 7) is 1.99. The van der Waals surface area contributed by atoms with Crippen molar-refractivity contribution in [1.82, 2.24) is 15.2 Å². The Morgan fingerprint density at radius 1 is 1.56 bits per heavy atom. The maximum Gasteiger partial charge on any atom is 0.251 e. The number of carbonyl (C=O) groups is 1. The fourth-order valence-corrected chi connectivity index (χ4v) is 2.44. The predicted molar refractivity (Wildman–Crippen MR) is 68.2 cm³/mol. The number of hydrogen-bond donors (Lipinski definition) is 2. The quantitative estimate of drug-likeness (QED) is 0.805. The summed E-state index contributed by atoms with van der Waals surface area (Å²) in [6.07, 6.45) is 2.79. The molecule has 18 heavy (non-hydrogen) atoms. The van der Waals surface area contributed by atoms with Crippen molar-refractivity contribution in [3.8, 4) is 0 Å². The van der Waals surface area contributed by atoms with E-state index >= 15 is 0 Å². The lowest BCUT2D eigenvalue weighted by Gasteiger charge is -2.12. The van der Waals surface area contributed by atoms with Gasteiger partial charge in [0.05, 0.1) is 0 Å². The normalized spacial score (nSPS) is 20.4. The number of benzene rings is 1. The molecular weight excluding hydrogens is 228 g/mol. The van der Waals surface area contributed by atoms with Gasteiger partial charge in [0.2, 0.25) is 6.33 Å². The van der Waals surface area contributed by atoms with E-state index in [2.05, 4.69) is 27.2 Å². The summed E-state index contributed by atoms with van der Waals surface area (Å²) in [7, 11) is 2.08. The predicted octanol–water partition coefficient (Wildman–Crippen LogP) is 0.416. The van der Waals surface area contributed by atoms with E-state index in [0.29, 0.717) is 5.56 Å². The lowest BCUT2D eigenvalue weighted by atomic mass is 10.1. The van der Waals surface area contributed by atoms with Gasteiger partial charge in [-0.3, -0.25) is 4.79 Å². The van der Waals surface area contributed by atoms with Crippen LogP contribution >= 0.6 is 0 Å². The fourth-order valence-electron chi connectivity index (χ4n) is 2.44. The van der Waals surface area contributed by atoms with Crippen LogP contribution in [0.5, 0.6) is 0 Å². The molecule has 5 heteroatoms. The van der Waals surface area contributed by atoms with Gasteiger partial charge < -0.3 is 10.2 Å². The number of rotatable bonds is 2. The third kappa shape index (κ3) is 2.09. The van der Waals surface area contributed by atoms with Gasteiger partial charge in [0.25, 0.3) is 5.91 Å². The minimum absolute atomic E-state index is 0.00630. The maximum absolute atomic E-state index is 12.1. The van der Waals surface area contributed by atoms with Gasteiger partial charge in [-0.15, -0.1) is 0 Å². The number of aromatic amines is 2. The molecule has 5 nitrogen and oxygen atoms in total. The average Bonchev–Trinajstić information content (AvgIpc) is 2.96. The number of H-pyrrole nitrogens is 2. The monoisotopic (exact) mass is 245 g/mol. The second-order valence-corrected chi connectivity index (χ2v) is 4.91. The molecule has 1 unspecified atom stereocenters. The summed E-state index contributed by atoms with van der Waals surface area (Å²) in [5, 5.41) is 3.08. The molecule has 2 aromatic rings. The van der Waals surface area contributed by atoms with Crippen LogP contribution in [0.3, 0.4) is 0 Å². The molecule has 0 bridgehead atoms. The van der Waals surface area contributed by atoms with Crippen molar-refractivity contribution in [3.63, 3.8) is 0 Å². The Kier molecular flexibility index (Phi) is 2.76. The minimum atomic E-state index is 0.00630. The van der Waals surface area contributed by atoms with E-state index in [1.54, 1.807) is 6.33 Å². The molecule has 3 N–H and O–H groups in total. The SMILES string of the molecule is CN1CCC(NC(=O)c2ccc3[nH+]c[nH]c3c2)C1. The van der Waals surface area contributed by atoms with Crippen molar-refractivity contribution >= 4 is 16.9 Å². The maximum atomic E-state index is 12.1. The summed E-state index contributed by atoms with van der Waals surface area (Å²) >= 11 is 0. The summed E-state index contributed by atoms with van der Waals surface area (Å²) in [6, 6.07) is 5.91. The number of nitrogens with zero attached hydrogens (tertiary/aromatic N) is 1. The summed E-state index contributed by atoms with van der Waals surface area (Å²) in [5.74, 6) is 0.00630. The first-order valence-corrected chi connectivity index (χ1v) is 6.20. The Balaban J connectivity index is 1.75. The topological polar surface area (TPSA) is 62.3 Å². The van der Waals surface area contributed by atoms with Crippen molar-refractivity contribution in [2.75, 3.05) is 20.1 Å². The number of amides is 1. The molecule has 0 radical (unpaired) electrons. The first-order valence-electron chi connectivity index (χ1n) is 6.20. The van der Waals surface area contributed by atoms with E-state index in [9.17, 15) is 4.79 Å². The molecule has 1 amide bonds. The van der Waals surface area contributed by atoms with Crippen LogP contribution in [0.4, 0.5) is 0 Å². The molecule has 1 atom stereocenters. The number of aromatic nitrogens is 2. The number of likely N-dealkylation sites (tertiary alicyclic amines) is 1. The van der Waals surface area contributed by atoms with Crippen LogP contribution in [0.15, 0.2) is 24.5 Å². The van der Waals surface area contributed by atoms with Crippen LogP contribution < -0.4 is 10.3 Å². The Bertz CT molecular complexity index is 577. The third-order valence-electron chi connectivity index (χ3n) is 3.46. The zero-order valence-electron chi connectivity index (χ0n) is 10.4. The first-order chi connectivity index (χ1) is 8.72. The van der Waals surface area contributed by atoms with Gasteiger partial charge in [-0.2, -0.15) is 0 Å². The van der Waals surface area contributed by atoms with E-state index < -0.39 is 0 Å². The minimum Gasteiger partial charge on any atom is -0.348 e. The second-order valence-electron chi connectivity index (χ2n) is 4.91. The molecule has 1 aromatic heterocycles. The summed E-state index contributed by atoms with van der Waals surface area (Å²) in [5.41, 5.74) is 2.66. The Morgan fingerprint density at radius 3 is 3.22 bits per heavy atom. The van der Waals surface area contributed by atoms with Crippen LogP contribution in [0, 0.1) is 0 Å². The molecule has 1 saturated heterocycles. The number of likely N-dealkylation sites (N-methyl/N-ethyl adjacent to an activating group) is 1. The number of fused-ring (bicyclic) bond motifs is 1. The smallest absolute Gasteiger partial charge is 0.251 e. The average molecular weight is 245 g/mol. The molecule has 3 rings (SSSR count). The lowest BCUT2D eigenvalue weighted by molar-refractivity contribution is -0.344. The second kappa shape index (κ2) is 4.42. The highest BCUT2D eigenvalue weighted by Gasteiger charge is 2.21. The summed E-state index contributed by atoms with van der Waals surface area (Å²) in [4.78, 5) is 20.5. The van der Waals surface area contributed by atoms with Crippen LogP contribution in [-0.2, 0) is 0 Å². The molecular formula is C13H17N4O+. The van der Waals surface area contributed by atoms with Gasteiger partial charge in [0, 0.05) is 24.2 Å². The highest BCUT2D eigenvalue weighted by Crippen LogP contribution is 2.11. The number of nitrogens with one attached hydrogen (secondary N) is 3. The highest BCUT2D eigenvalue weighted by molar-refractivity contribution is 5.97. The van der Waals surface area contributed by atoms with Gasteiger partial charge in [-0.05, 0) is 32.1 Å². The van der Waals surface area contributed by atoms with Gasteiger partial charge in [-0.25, -0.2) is 9.97 Å². The Hall–Kier alpha value is -1.88. The van der Waals surface area contributed by atoms with Gasteiger partial charge >= 0.3 is 0 Å². The van der Waals surface area contributed by atoms with Crippen molar-refractivity contribution in [3.05, 3.63) is 30.1 Å². The van der Waals surface area contributed by atoms with Crippen molar-refractivity contribution in [2.24, 2.45) is 0 Å².